The number of likely N-dealkylation sites (N-methyl/N-ethyl adjacent to an activating group) is 1. The molecule has 0 N–H and O–H groups in total. The van der Waals surface area contributed by atoms with Crippen LogP contribution in [0.25, 0.3) is 6.08 Å². The maximum Gasteiger partial charge on any atom is 0.266 e. The number of hydrogen-bond donors (Lipinski definition) is 0. The number of ether oxygens (including phenoxy) is 1. The summed E-state index contributed by atoms with van der Waals surface area (Å²) in [6, 6.07) is 5.53. The fraction of sp³-hybridized carbons (Fsp3) is 0.375. The van der Waals surface area contributed by atoms with Crippen LogP contribution in [0, 0.1) is 0 Å². The molecule has 2 rings (SSSR count). The number of carbonyl (C=O) groups excluding carboxylic acids is 1. The summed E-state index contributed by atoms with van der Waals surface area (Å²) in [5.74, 6) is 0.614. The number of amides is 1. The van der Waals surface area contributed by atoms with Crippen LogP contribution >= 0.6 is 35.6 Å². The molecule has 1 heterocycles. The zero-order valence-electron chi connectivity index (χ0n) is 12.8. The van der Waals surface area contributed by atoms with Crippen LogP contribution in [0.2, 0.25) is 5.02 Å². The minimum atomic E-state index is -0.0476. The fourth-order valence-corrected chi connectivity index (χ4v) is 3.54. The number of carbonyl (C=O) groups is 1. The molecule has 1 aromatic rings. The second-order valence-corrected chi connectivity index (χ2v) is 7.04. The van der Waals surface area contributed by atoms with Crippen molar-refractivity contribution in [2.75, 3.05) is 6.54 Å². The molecule has 0 spiro atoms. The predicted octanol–water partition coefficient (Wildman–Crippen LogP) is 4.74. The zero-order valence-corrected chi connectivity index (χ0v) is 15.1. The summed E-state index contributed by atoms with van der Waals surface area (Å²) >= 11 is 12.8. The van der Waals surface area contributed by atoms with Gasteiger partial charge in [-0.3, -0.25) is 9.69 Å². The quantitative estimate of drug-likeness (QED) is 0.563. The summed E-state index contributed by atoms with van der Waals surface area (Å²) < 4.78 is 6.34. The minimum Gasteiger partial charge on any atom is -0.489 e. The monoisotopic (exact) mass is 355 g/mol. The van der Waals surface area contributed by atoms with Gasteiger partial charge in [0.2, 0.25) is 0 Å². The molecular formula is C16H18ClNO2S2. The van der Waals surface area contributed by atoms with Crippen LogP contribution < -0.4 is 4.74 Å². The van der Waals surface area contributed by atoms with Crippen molar-refractivity contribution < 1.29 is 9.53 Å². The molecular weight excluding hydrogens is 338 g/mol. The average molecular weight is 356 g/mol. The Morgan fingerprint density at radius 2 is 2.18 bits per heavy atom. The number of nitrogens with zero attached hydrogens (tertiary/aromatic N) is 1. The molecule has 0 bridgehead atoms. The lowest BCUT2D eigenvalue weighted by Gasteiger charge is -2.14. The highest BCUT2D eigenvalue weighted by Crippen LogP contribution is 2.34. The highest BCUT2D eigenvalue weighted by atomic mass is 35.5. The lowest BCUT2D eigenvalue weighted by Crippen LogP contribution is -2.27. The van der Waals surface area contributed by atoms with E-state index in [0.717, 1.165) is 12.0 Å². The molecule has 0 radical (unpaired) electrons. The van der Waals surface area contributed by atoms with Gasteiger partial charge in [0, 0.05) is 6.54 Å². The van der Waals surface area contributed by atoms with Gasteiger partial charge in [-0.25, -0.2) is 0 Å². The molecule has 0 aliphatic carbocycles. The van der Waals surface area contributed by atoms with Gasteiger partial charge < -0.3 is 4.74 Å². The fourth-order valence-electron chi connectivity index (χ4n) is 1.93. The third-order valence-electron chi connectivity index (χ3n) is 3.35. The highest BCUT2D eigenvalue weighted by Gasteiger charge is 2.30. The summed E-state index contributed by atoms with van der Waals surface area (Å²) in [7, 11) is 0. The molecule has 0 saturated carbocycles. The Morgan fingerprint density at radius 3 is 2.73 bits per heavy atom. The van der Waals surface area contributed by atoms with Crippen molar-refractivity contribution in [2.45, 2.75) is 33.3 Å². The summed E-state index contributed by atoms with van der Waals surface area (Å²) in [6.07, 6.45) is 2.84. The average Bonchev–Trinajstić information content (AvgIpc) is 2.75. The normalized spacial score (nSPS) is 18.2. The number of hydrogen-bond acceptors (Lipinski definition) is 4. The summed E-state index contributed by atoms with van der Waals surface area (Å²) in [5.41, 5.74) is 0.859. The van der Waals surface area contributed by atoms with E-state index in [2.05, 4.69) is 6.92 Å². The van der Waals surface area contributed by atoms with E-state index in [9.17, 15) is 4.79 Å². The van der Waals surface area contributed by atoms with Crippen molar-refractivity contribution in [3.63, 3.8) is 0 Å². The lowest BCUT2D eigenvalue weighted by atomic mass is 10.2. The van der Waals surface area contributed by atoms with Crippen molar-refractivity contribution in [1.82, 2.24) is 4.90 Å². The lowest BCUT2D eigenvalue weighted by molar-refractivity contribution is -0.121. The Balaban J connectivity index is 2.21. The topological polar surface area (TPSA) is 29.5 Å². The maximum absolute atomic E-state index is 12.2. The number of thiocarbonyl (C=S) groups is 1. The summed E-state index contributed by atoms with van der Waals surface area (Å²) in [5, 5.41) is 0.542. The van der Waals surface area contributed by atoms with E-state index in [4.69, 9.17) is 28.6 Å². The molecule has 1 aliphatic heterocycles. The van der Waals surface area contributed by atoms with Gasteiger partial charge in [0.25, 0.3) is 5.91 Å². The summed E-state index contributed by atoms with van der Waals surface area (Å²) in [6.45, 7) is 6.55. The summed E-state index contributed by atoms with van der Waals surface area (Å²) in [4.78, 5) is 14.4. The molecule has 1 saturated heterocycles. The second-order valence-electron chi connectivity index (χ2n) is 4.95. The molecule has 1 amide bonds. The number of thioether (sulfide) groups is 1. The molecule has 0 unspecified atom stereocenters. The third-order valence-corrected chi connectivity index (χ3v) is 5.02. The highest BCUT2D eigenvalue weighted by molar-refractivity contribution is 8.26. The van der Waals surface area contributed by atoms with Crippen LogP contribution in [0.1, 0.15) is 32.8 Å². The van der Waals surface area contributed by atoms with E-state index >= 15 is 0 Å². The van der Waals surface area contributed by atoms with E-state index in [1.807, 2.05) is 32.1 Å². The molecule has 3 nitrogen and oxygen atoms in total. The molecule has 1 fully saturated rings. The minimum absolute atomic E-state index is 0.0476. The molecule has 1 atom stereocenters. The molecule has 22 heavy (non-hydrogen) atoms. The van der Waals surface area contributed by atoms with Crippen LogP contribution in [0.5, 0.6) is 5.75 Å². The van der Waals surface area contributed by atoms with Gasteiger partial charge in [-0.2, -0.15) is 0 Å². The largest absolute Gasteiger partial charge is 0.489 e. The van der Waals surface area contributed by atoms with Crippen molar-refractivity contribution >= 4 is 51.9 Å². The van der Waals surface area contributed by atoms with Gasteiger partial charge in [-0.15, -0.1) is 0 Å². The first-order valence-electron chi connectivity index (χ1n) is 7.17. The standard InChI is InChI=1S/C16H18ClNO2S2/c1-4-10(3)20-13-7-6-11(8-12(13)17)9-14-15(19)18(5-2)16(21)22-14/h6-10H,4-5H2,1-3H3/b14-9-/t10-/m1/s1. The van der Waals surface area contributed by atoms with Crippen LogP contribution in [0.4, 0.5) is 0 Å². The number of rotatable bonds is 5. The van der Waals surface area contributed by atoms with E-state index in [0.29, 0.717) is 26.5 Å². The third kappa shape index (κ3) is 3.83. The number of halogens is 1. The Hall–Kier alpha value is -1.04. The Labute approximate surface area is 145 Å². The van der Waals surface area contributed by atoms with E-state index in [1.54, 1.807) is 11.0 Å². The SMILES string of the molecule is CC[C@@H](C)Oc1ccc(/C=C2\SC(=S)N(CC)C2=O)cc1Cl. The first-order chi connectivity index (χ1) is 10.5. The van der Waals surface area contributed by atoms with Crippen molar-refractivity contribution in [1.29, 1.82) is 0 Å². The van der Waals surface area contributed by atoms with Gasteiger partial charge in [0.1, 0.15) is 10.1 Å². The Morgan fingerprint density at radius 1 is 1.45 bits per heavy atom. The van der Waals surface area contributed by atoms with Gasteiger partial charge in [0.15, 0.2) is 0 Å². The van der Waals surface area contributed by atoms with E-state index < -0.39 is 0 Å². The molecule has 1 aliphatic rings. The van der Waals surface area contributed by atoms with Crippen molar-refractivity contribution in [3.05, 3.63) is 33.7 Å². The van der Waals surface area contributed by atoms with Crippen LogP contribution in [-0.2, 0) is 4.79 Å². The molecule has 1 aromatic carbocycles. The first kappa shape index (κ1) is 17.3. The van der Waals surface area contributed by atoms with Crippen LogP contribution in [0.15, 0.2) is 23.1 Å². The predicted molar refractivity (Wildman–Crippen MR) is 97.4 cm³/mol. The van der Waals surface area contributed by atoms with Crippen LogP contribution in [-0.4, -0.2) is 27.8 Å². The molecule has 0 aromatic heterocycles. The Kier molecular flexibility index (Phi) is 5.89. The zero-order chi connectivity index (χ0) is 16.3. The molecule has 118 valence electrons. The maximum atomic E-state index is 12.2. The number of benzene rings is 1. The smallest absolute Gasteiger partial charge is 0.266 e. The first-order valence-corrected chi connectivity index (χ1v) is 8.78. The second kappa shape index (κ2) is 7.49. The van der Waals surface area contributed by atoms with Gasteiger partial charge in [-0.05, 0) is 44.0 Å². The van der Waals surface area contributed by atoms with Crippen molar-refractivity contribution in [2.24, 2.45) is 0 Å². The van der Waals surface area contributed by atoms with Gasteiger partial charge >= 0.3 is 0 Å². The Bertz CT molecular complexity index is 631. The van der Waals surface area contributed by atoms with Gasteiger partial charge in [0.05, 0.1) is 16.0 Å². The van der Waals surface area contributed by atoms with E-state index in [-0.39, 0.29) is 12.0 Å². The van der Waals surface area contributed by atoms with Gasteiger partial charge in [-0.1, -0.05) is 48.6 Å². The van der Waals surface area contributed by atoms with E-state index in [1.165, 1.54) is 11.8 Å². The van der Waals surface area contributed by atoms with Crippen molar-refractivity contribution in [3.8, 4) is 5.75 Å². The molecule has 6 heteroatoms. The van der Waals surface area contributed by atoms with Crippen LogP contribution in [0.3, 0.4) is 0 Å².